The van der Waals surface area contributed by atoms with Crippen LogP contribution in [0.1, 0.15) is 45.5 Å². The summed E-state index contributed by atoms with van der Waals surface area (Å²) in [6.07, 6.45) is -9.59. The van der Waals surface area contributed by atoms with Crippen molar-refractivity contribution in [2.45, 2.75) is 51.9 Å². The van der Waals surface area contributed by atoms with Crippen LogP contribution < -0.4 is 21.9 Å². The molecule has 8 nitrogen and oxygen atoms in total. The molecule has 48 heavy (non-hydrogen) atoms. The van der Waals surface area contributed by atoms with Gasteiger partial charge in [0.15, 0.2) is 0 Å². The summed E-state index contributed by atoms with van der Waals surface area (Å²) in [7, 11) is 0. The quantitative estimate of drug-likeness (QED) is 0.243. The highest BCUT2D eigenvalue weighted by atomic mass is 19.4. The molecular weight excluding hydrogens is 654 g/mol. The molecule has 2 aromatic heterocycles. The molecule has 0 radical (unpaired) electrons. The van der Waals surface area contributed by atoms with Crippen LogP contribution in [0.4, 0.5) is 40.8 Å². The zero-order chi connectivity index (χ0) is 35.1. The topological polar surface area (TPSA) is 89.6 Å². The van der Waals surface area contributed by atoms with E-state index in [1.165, 1.54) is 19.1 Å². The fourth-order valence-corrected chi connectivity index (χ4v) is 5.89. The largest absolute Gasteiger partial charge is 0.455 e. The molecule has 2 aromatic carbocycles. The van der Waals surface area contributed by atoms with Gasteiger partial charge in [-0.05, 0) is 61.4 Å². The van der Waals surface area contributed by atoms with Crippen LogP contribution in [0.3, 0.4) is 0 Å². The maximum atomic E-state index is 14.9. The highest BCUT2D eigenvalue weighted by molar-refractivity contribution is 5.50. The zero-order valence-corrected chi connectivity index (χ0v) is 25.8. The minimum Gasteiger partial charge on any atom is -0.455 e. The van der Waals surface area contributed by atoms with Gasteiger partial charge in [-0.25, -0.2) is 13.6 Å². The standard InChI is InChI=1S/C32H31F8N5O3/c1-18-12-20(14-21(33)13-18)26(41)17-45-29(46)28(43-10-8-42(9-11-43)15-22-6-7-27(48-22)32(38,39)40)19(2)44(30(45)47)16-23-24(31(35,36)37)4-3-5-25(23)34/h3-7,12-14,26H,8-11,15-17,41H2,1-2H3. The summed E-state index contributed by atoms with van der Waals surface area (Å²) >= 11 is 0. The van der Waals surface area contributed by atoms with Crippen molar-refractivity contribution in [2.75, 3.05) is 31.1 Å². The highest BCUT2D eigenvalue weighted by Crippen LogP contribution is 2.34. The van der Waals surface area contributed by atoms with Crippen LogP contribution in [0, 0.1) is 25.5 Å². The third-order valence-corrected chi connectivity index (χ3v) is 8.28. The number of piperazine rings is 1. The second-order valence-electron chi connectivity index (χ2n) is 11.7. The summed E-state index contributed by atoms with van der Waals surface area (Å²) in [4.78, 5) is 31.2. The van der Waals surface area contributed by atoms with E-state index in [0.717, 1.165) is 33.4 Å². The van der Waals surface area contributed by atoms with Gasteiger partial charge in [-0.15, -0.1) is 0 Å². The molecule has 1 saturated heterocycles. The number of nitrogens with two attached hydrogens (primary N) is 1. The first kappa shape index (κ1) is 34.9. The minimum absolute atomic E-state index is 0.0258. The average molecular weight is 686 g/mol. The van der Waals surface area contributed by atoms with Crippen LogP contribution in [0.5, 0.6) is 0 Å². The lowest BCUT2D eigenvalue weighted by atomic mass is 10.0. The normalized spacial score (nSPS) is 15.3. The van der Waals surface area contributed by atoms with Crippen molar-refractivity contribution in [1.29, 1.82) is 0 Å². The molecule has 16 heteroatoms. The van der Waals surface area contributed by atoms with Crippen LogP contribution >= 0.6 is 0 Å². The van der Waals surface area contributed by atoms with Crippen LogP contribution in [-0.2, 0) is 32.0 Å². The fraction of sp³-hybridized carbons (Fsp3) is 0.375. The van der Waals surface area contributed by atoms with Gasteiger partial charge in [-0.1, -0.05) is 12.1 Å². The van der Waals surface area contributed by atoms with Crippen molar-refractivity contribution in [3.63, 3.8) is 0 Å². The molecule has 2 N–H and O–H groups in total. The van der Waals surface area contributed by atoms with Crippen LogP contribution in [0.2, 0.25) is 0 Å². The summed E-state index contributed by atoms with van der Waals surface area (Å²) in [6, 6.07) is 7.35. The number of aromatic nitrogens is 2. The highest BCUT2D eigenvalue weighted by Gasteiger charge is 2.36. The molecule has 1 unspecified atom stereocenters. The number of benzene rings is 2. The van der Waals surface area contributed by atoms with Gasteiger partial charge in [0.25, 0.3) is 5.56 Å². The van der Waals surface area contributed by atoms with E-state index in [0.29, 0.717) is 11.6 Å². The number of hydrogen-bond acceptors (Lipinski definition) is 6. The lowest BCUT2D eigenvalue weighted by Crippen LogP contribution is -2.51. The third-order valence-electron chi connectivity index (χ3n) is 8.28. The maximum Gasteiger partial charge on any atom is 0.449 e. The number of anilines is 1. The molecule has 1 aliphatic heterocycles. The lowest BCUT2D eigenvalue weighted by Gasteiger charge is -2.36. The molecule has 0 bridgehead atoms. The molecule has 0 aliphatic carbocycles. The van der Waals surface area contributed by atoms with Gasteiger partial charge in [-0.2, -0.15) is 26.3 Å². The van der Waals surface area contributed by atoms with Gasteiger partial charge in [0.2, 0.25) is 5.76 Å². The molecular formula is C32H31F8N5O3. The molecule has 0 spiro atoms. The van der Waals surface area contributed by atoms with Crippen molar-refractivity contribution in [3.05, 3.63) is 120 Å². The molecule has 258 valence electrons. The van der Waals surface area contributed by atoms with Gasteiger partial charge < -0.3 is 15.1 Å². The second kappa shape index (κ2) is 13.2. The van der Waals surface area contributed by atoms with E-state index < -0.39 is 71.3 Å². The molecule has 1 aliphatic rings. The Hall–Kier alpha value is -4.44. The Balaban J connectivity index is 1.52. The van der Waals surface area contributed by atoms with Gasteiger partial charge in [0, 0.05) is 43.5 Å². The Labute approximate surface area is 268 Å². The number of furan rings is 1. The van der Waals surface area contributed by atoms with Gasteiger partial charge in [0.1, 0.15) is 23.1 Å². The van der Waals surface area contributed by atoms with E-state index in [-0.39, 0.29) is 55.4 Å². The summed E-state index contributed by atoms with van der Waals surface area (Å²) < 4.78 is 116. The first-order valence-corrected chi connectivity index (χ1v) is 14.8. The third kappa shape index (κ3) is 7.33. The molecule has 1 fully saturated rings. The number of rotatable bonds is 8. The molecule has 0 amide bonds. The Bertz CT molecular complexity index is 1900. The number of halogens is 8. The number of hydrogen-bond donors (Lipinski definition) is 1. The van der Waals surface area contributed by atoms with E-state index in [1.807, 2.05) is 0 Å². The summed E-state index contributed by atoms with van der Waals surface area (Å²) in [5.41, 5.74) is 3.08. The average Bonchev–Trinajstić information content (AvgIpc) is 3.47. The van der Waals surface area contributed by atoms with Crippen molar-refractivity contribution < 1.29 is 39.5 Å². The van der Waals surface area contributed by atoms with Crippen LogP contribution in [-0.4, -0.2) is 40.2 Å². The SMILES string of the molecule is Cc1cc(F)cc(C(N)Cn2c(=O)c(N3CCN(Cc4ccc(C(F)(F)F)o4)CC3)c(C)n(Cc3c(F)cccc3C(F)(F)F)c2=O)c1. The van der Waals surface area contributed by atoms with Crippen LogP contribution in [0.25, 0.3) is 0 Å². The van der Waals surface area contributed by atoms with E-state index >= 15 is 0 Å². The summed E-state index contributed by atoms with van der Waals surface area (Å²) in [5, 5.41) is 0. The molecule has 5 rings (SSSR count). The predicted octanol–water partition coefficient (Wildman–Crippen LogP) is 5.61. The van der Waals surface area contributed by atoms with Crippen molar-refractivity contribution in [2.24, 2.45) is 5.73 Å². The Morgan fingerprint density at radius 1 is 0.854 bits per heavy atom. The Kier molecular flexibility index (Phi) is 9.61. The maximum absolute atomic E-state index is 14.9. The number of aryl methyl sites for hydroxylation is 1. The smallest absolute Gasteiger partial charge is 0.449 e. The van der Waals surface area contributed by atoms with E-state index in [1.54, 1.807) is 22.8 Å². The Morgan fingerprint density at radius 3 is 2.15 bits per heavy atom. The second-order valence-corrected chi connectivity index (χ2v) is 11.7. The number of nitrogens with zero attached hydrogens (tertiary/aromatic N) is 4. The first-order valence-electron chi connectivity index (χ1n) is 14.8. The summed E-state index contributed by atoms with van der Waals surface area (Å²) in [6.45, 7) is 2.46. The van der Waals surface area contributed by atoms with Crippen molar-refractivity contribution >= 4 is 5.69 Å². The molecule has 3 heterocycles. The lowest BCUT2D eigenvalue weighted by molar-refractivity contribution is -0.153. The monoisotopic (exact) mass is 685 g/mol. The number of alkyl halides is 6. The molecule has 4 aromatic rings. The first-order chi connectivity index (χ1) is 22.4. The molecule has 1 atom stereocenters. The zero-order valence-electron chi connectivity index (χ0n) is 25.8. The van der Waals surface area contributed by atoms with Gasteiger partial charge in [0.05, 0.1) is 25.2 Å². The van der Waals surface area contributed by atoms with Gasteiger partial charge in [-0.3, -0.25) is 18.8 Å². The van der Waals surface area contributed by atoms with E-state index in [9.17, 15) is 44.7 Å². The minimum atomic E-state index is -4.95. The van der Waals surface area contributed by atoms with Crippen molar-refractivity contribution in [1.82, 2.24) is 14.0 Å². The Morgan fingerprint density at radius 2 is 1.54 bits per heavy atom. The van der Waals surface area contributed by atoms with Gasteiger partial charge >= 0.3 is 18.0 Å². The van der Waals surface area contributed by atoms with E-state index in [2.05, 4.69) is 0 Å². The summed E-state index contributed by atoms with van der Waals surface area (Å²) in [5.74, 6) is -2.86. The van der Waals surface area contributed by atoms with Crippen molar-refractivity contribution in [3.8, 4) is 0 Å². The predicted molar refractivity (Wildman–Crippen MR) is 159 cm³/mol. The van der Waals surface area contributed by atoms with Crippen LogP contribution in [0.15, 0.2) is 62.5 Å². The fourth-order valence-electron chi connectivity index (χ4n) is 5.89. The molecule has 0 saturated carbocycles. The van der Waals surface area contributed by atoms with E-state index in [4.69, 9.17) is 10.2 Å².